The molecule has 3 rings (SSSR count). The van der Waals surface area contributed by atoms with Gasteiger partial charge in [-0.3, -0.25) is 9.69 Å². The Morgan fingerprint density at radius 2 is 1.63 bits per heavy atom. The Morgan fingerprint density at radius 3 is 2.20 bits per heavy atom. The lowest BCUT2D eigenvalue weighted by atomic mass is 10.1. The van der Waals surface area contributed by atoms with Crippen molar-refractivity contribution in [2.75, 3.05) is 35.0 Å². The molecule has 1 heterocycles. The molecule has 1 aliphatic rings. The second-order valence-electron chi connectivity index (χ2n) is 6.18. The predicted molar refractivity (Wildman–Crippen MR) is 119 cm³/mol. The van der Waals surface area contributed by atoms with Gasteiger partial charge >= 0.3 is 0 Å². The van der Waals surface area contributed by atoms with E-state index < -0.39 is 0 Å². The van der Waals surface area contributed by atoms with E-state index in [1.54, 1.807) is 45.5 Å². The molecule has 0 bridgehead atoms. The number of likely N-dealkylation sites (N-methyl/N-ethyl adjacent to an activating group) is 1. The molecular formula is C22H24N2O5S. The van der Waals surface area contributed by atoms with Gasteiger partial charge in [-0.15, -0.1) is 0 Å². The zero-order valence-electron chi connectivity index (χ0n) is 17.6. The Hall–Kier alpha value is -3.13. The molecule has 0 atom stereocenters. The smallest absolute Gasteiger partial charge is 0.266 e. The normalized spacial score (nSPS) is 16.3. The van der Waals surface area contributed by atoms with Crippen LogP contribution in [0.4, 0.5) is 5.69 Å². The van der Waals surface area contributed by atoms with Crippen LogP contribution >= 0.6 is 11.8 Å². The number of nitrogens with zero attached hydrogens (tertiary/aromatic N) is 2. The van der Waals surface area contributed by atoms with Gasteiger partial charge in [0.2, 0.25) is 5.75 Å². The van der Waals surface area contributed by atoms with E-state index in [1.807, 2.05) is 37.3 Å². The van der Waals surface area contributed by atoms with Crippen LogP contribution in [0.1, 0.15) is 12.5 Å². The summed E-state index contributed by atoms with van der Waals surface area (Å²) in [5.41, 5.74) is 1.46. The van der Waals surface area contributed by atoms with Gasteiger partial charge in [0.05, 0.1) is 39.0 Å². The molecule has 0 spiro atoms. The lowest BCUT2D eigenvalue weighted by Crippen LogP contribution is -2.28. The van der Waals surface area contributed by atoms with Crippen molar-refractivity contribution in [3.05, 3.63) is 46.9 Å². The number of rotatable bonds is 7. The van der Waals surface area contributed by atoms with Crippen LogP contribution in [0.5, 0.6) is 23.0 Å². The highest BCUT2D eigenvalue weighted by Crippen LogP contribution is 2.42. The molecule has 1 saturated heterocycles. The number of aliphatic imine (C=N–C) groups is 1. The molecule has 1 fully saturated rings. The third-order valence-electron chi connectivity index (χ3n) is 4.52. The molecule has 30 heavy (non-hydrogen) atoms. The third-order valence-corrected chi connectivity index (χ3v) is 5.53. The lowest BCUT2D eigenvalue weighted by Gasteiger charge is -2.14. The van der Waals surface area contributed by atoms with Crippen LogP contribution in [-0.2, 0) is 4.79 Å². The number of hydrogen-bond donors (Lipinski definition) is 0. The van der Waals surface area contributed by atoms with E-state index in [0.717, 1.165) is 11.4 Å². The van der Waals surface area contributed by atoms with Crippen LogP contribution in [0, 0.1) is 0 Å². The number of carbonyl (C=O) groups is 1. The van der Waals surface area contributed by atoms with Crippen molar-refractivity contribution in [1.29, 1.82) is 0 Å². The van der Waals surface area contributed by atoms with Crippen molar-refractivity contribution < 1.29 is 23.7 Å². The minimum absolute atomic E-state index is 0.105. The van der Waals surface area contributed by atoms with Crippen molar-refractivity contribution in [2.24, 2.45) is 4.99 Å². The summed E-state index contributed by atoms with van der Waals surface area (Å²) < 4.78 is 21.5. The molecule has 8 heteroatoms. The van der Waals surface area contributed by atoms with Crippen molar-refractivity contribution in [3.8, 4) is 23.0 Å². The van der Waals surface area contributed by atoms with E-state index in [0.29, 0.717) is 39.4 Å². The predicted octanol–water partition coefficient (Wildman–Crippen LogP) is 4.34. The largest absolute Gasteiger partial charge is 0.497 e. The first-order valence-corrected chi connectivity index (χ1v) is 10.1. The van der Waals surface area contributed by atoms with Crippen LogP contribution in [0.2, 0.25) is 0 Å². The van der Waals surface area contributed by atoms with Gasteiger partial charge in [-0.2, -0.15) is 0 Å². The SMILES string of the molecule is CCN1C(=O)/C(=C\c2ccc(OC)c(OC)c2OC)SC1=Nc1ccc(OC)cc1. The molecule has 0 aliphatic carbocycles. The molecule has 0 unspecified atom stereocenters. The molecule has 158 valence electrons. The van der Waals surface area contributed by atoms with Crippen LogP contribution in [0.15, 0.2) is 46.3 Å². The van der Waals surface area contributed by atoms with E-state index in [9.17, 15) is 4.79 Å². The maximum absolute atomic E-state index is 13.0. The van der Waals surface area contributed by atoms with Gasteiger partial charge in [0.15, 0.2) is 16.7 Å². The fourth-order valence-corrected chi connectivity index (χ4v) is 4.07. The monoisotopic (exact) mass is 428 g/mol. The molecule has 0 saturated carbocycles. The number of benzene rings is 2. The summed E-state index contributed by atoms with van der Waals surface area (Å²) in [6.45, 7) is 2.43. The van der Waals surface area contributed by atoms with E-state index in [2.05, 4.69) is 4.99 Å². The fraction of sp³-hybridized carbons (Fsp3) is 0.273. The molecule has 0 aromatic heterocycles. The molecule has 0 N–H and O–H groups in total. The van der Waals surface area contributed by atoms with Gasteiger partial charge in [-0.25, -0.2) is 4.99 Å². The lowest BCUT2D eigenvalue weighted by molar-refractivity contribution is -0.122. The number of ether oxygens (including phenoxy) is 4. The zero-order valence-corrected chi connectivity index (χ0v) is 18.4. The van der Waals surface area contributed by atoms with E-state index in [-0.39, 0.29) is 5.91 Å². The first-order valence-electron chi connectivity index (χ1n) is 9.29. The Labute approximate surface area is 180 Å². The van der Waals surface area contributed by atoms with Crippen LogP contribution in [-0.4, -0.2) is 51.0 Å². The molecule has 2 aromatic rings. The van der Waals surface area contributed by atoms with Crippen LogP contribution < -0.4 is 18.9 Å². The molecule has 1 amide bonds. The fourth-order valence-electron chi connectivity index (χ4n) is 3.02. The highest BCUT2D eigenvalue weighted by Gasteiger charge is 2.32. The van der Waals surface area contributed by atoms with Gasteiger partial charge in [0.25, 0.3) is 5.91 Å². The average molecular weight is 429 g/mol. The van der Waals surface area contributed by atoms with Gasteiger partial charge in [0.1, 0.15) is 5.75 Å². The van der Waals surface area contributed by atoms with Crippen molar-refractivity contribution in [1.82, 2.24) is 4.90 Å². The highest BCUT2D eigenvalue weighted by atomic mass is 32.2. The topological polar surface area (TPSA) is 69.6 Å². The van der Waals surface area contributed by atoms with Crippen molar-refractivity contribution >= 4 is 34.6 Å². The first-order chi connectivity index (χ1) is 14.6. The Balaban J connectivity index is 1.98. The maximum atomic E-state index is 13.0. The minimum Gasteiger partial charge on any atom is -0.497 e. The number of amidine groups is 1. The minimum atomic E-state index is -0.105. The van der Waals surface area contributed by atoms with Crippen molar-refractivity contribution in [3.63, 3.8) is 0 Å². The summed E-state index contributed by atoms with van der Waals surface area (Å²) in [6, 6.07) is 11.0. The number of methoxy groups -OCH3 is 4. The quantitative estimate of drug-likeness (QED) is 0.611. The Morgan fingerprint density at radius 1 is 0.933 bits per heavy atom. The summed E-state index contributed by atoms with van der Waals surface area (Å²) in [5, 5.41) is 0.623. The van der Waals surface area contributed by atoms with Gasteiger partial charge in [-0.05, 0) is 61.2 Å². The number of carbonyl (C=O) groups excluding carboxylic acids is 1. The second-order valence-corrected chi connectivity index (χ2v) is 7.19. The molecular weight excluding hydrogens is 404 g/mol. The van der Waals surface area contributed by atoms with Crippen LogP contribution in [0.25, 0.3) is 6.08 Å². The van der Waals surface area contributed by atoms with E-state index >= 15 is 0 Å². The summed E-state index contributed by atoms with van der Waals surface area (Å²) in [6.07, 6.45) is 1.78. The zero-order chi connectivity index (χ0) is 21.7. The summed E-state index contributed by atoms with van der Waals surface area (Å²) in [4.78, 5) is 19.8. The number of hydrogen-bond acceptors (Lipinski definition) is 7. The maximum Gasteiger partial charge on any atom is 0.266 e. The number of amides is 1. The summed E-state index contributed by atoms with van der Waals surface area (Å²) in [5.74, 6) is 2.18. The average Bonchev–Trinajstić information content (AvgIpc) is 3.07. The Kier molecular flexibility index (Phi) is 6.89. The van der Waals surface area contributed by atoms with Crippen LogP contribution in [0.3, 0.4) is 0 Å². The molecule has 2 aromatic carbocycles. The number of thioether (sulfide) groups is 1. The Bertz CT molecular complexity index is 986. The van der Waals surface area contributed by atoms with Gasteiger partial charge in [0, 0.05) is 12.1 Å². The standard InChI is InChI=1S/C22H24N2O5S/c1-6-24-21(25)18(30-22(24)23-15-8-10-16(26-2)11-9-15)13-14-7-12-17(27-3)20(29-5)19(14)28-4/h7-13H,6H2,1-5H3/b18-13+,23-22?. The highest BCUT2D eigenvalue weighted by molar-refractivity contribution is 8.18. The summed E-state index contributed by atoms with van der Waals surface area (Å²) in [7, 11) is 6.28. The molecule has 0 radical (unpaired) electrons. The first kappa shape index (κ1) is 21.6. The molecule has 7 nitrogen and oxygen atoms in total. The second kappa shape index (κ2) is 9.58. The molecule has 1 aliphatic heterocycles. The summed E-state index contributed by atoms with van der Waals surface area (Å²) >= 11 is 1.32. The van der Waals surface area contributed by atoms with E-state index in [4.69, 9.17) is 18.9 Å². The third kappa shape index (κ3) is 4.23. The van der Waals surface area contributed by atoms with Gasteiger partial charge in [-0.1, -0.05) is 0 Å². The van der Waals surface area contributed by atoms with Crippen molar-refractivity contribution in [2.45, 2.75) is 6.92 Å². The van der Waals surface area contributed by atoms with Gasteiger partial charge < -0.3 is 18.9 Å². The van der Waals surface area contributed by atoms with E-state index in [1.165, 1.54) is 11.8 Å².